The van der Waals surface area contributed by atoms with Crippen molar-refractivity contribution in [3.8, 4) is 11.1 Å². The van der Waals surface area contributed by atoms with E-state index in [0.717, 1.165) is 48.3 Å². The molecule has 1 atom stereocenters. The lowest BCUT2D eigenvalue weighted by Crippen LogP contribution is -2.43. The number of nitro groups is 1. The number of carbonyl (C=O) groups is 1. The number of nitrogens with zero attached hydrogens (tertiary/aromatic N) is 4. The van der Waals surface area contributed by atoms with E-state index in [2.05, 4.69) is 20.2 Å². The van der Waals surface area contributed by atoms with E-state index in [0.29, 0.717) is 11.1 Å². The minimum absolute atomic E-state index is 0.0653. The van der Waals surface area contributed by atoms with Gasteiger partial charge in [0.1, 0.15) is 12.2 Å². The molecule has 0 aliphatic carbocycles. The quantitative estimate of drug-likeness (QED) is 0.250. The maximum absolute atomic E-state index is 13.3. The molecule has 1 aliphatic rings. The van der Waals surface area contributed by atoms with Crippen molar-refractivity contribution in [3.63, 3.8) is 0 Å². The Balaban J connectivity index is 1.46. The molecule has 5 rings (SSSR count). The molecule has 3 heterocycles. The molecule has 35 heavy (non-hydrogen) atoms. The summed E-state index contributed by atoms with van der Waals surface area (Å²) in [5.74, 6) is -0.888. The number of nitrogens with one attached hydrogen (secondary N) is 1. The van der Waals surface area contributed by atoms with E-state index in [4.69, 9.17) is 5.73 Å². The Morgan fingerprint density at radius 1 is 1.00 bits per heavy atom. The van der Waals surface area contributed by atoms with Crippen LogP contribution in [0.2, 0.25) is 0 Å². The minimum Gasteiger partial charge on any atom is -0.369 e. The average molecular weight is 469 g/mol. The Hall–Kier alpha value is -4.21. The third kappa shape index (κ3) is 4.59. The second kappa shape index (κ2) is 9.57. The number of Topliss-reactive ketones (excluding diaryl/α,β-unsaturated/α-hetero) is 1. The van der Waals surface area contributed by atoms with Gasteiger partial charge < -0.3 is 26.1 Å². The summed E-state index contributed by atoms with van der Waals surface area (Å²) in [6.07, 6.45) is 2.90. The highest BCUT2D eigenvalue weighted by Gasteiger charge is 2.28. The first-order valence-electron chi connectivity index (χ1n) is 11.4. The molecule has 1 saturated heterocycles. The summed E-state index contributed by atoms with van der Waals surface area (Å²) < 4.78 is 0. The predicted octanol–water partition coefficient (Wildman–Crippen LogP) is 3.50. The van der Waals surface area contributed by atoms with Crippen LogP contribution in [0.25, 0.3) is 22.0 Å². The van der Waals surface area contributed by atoms with E-state index >= 15 is 0 Å². The van der Waals surface area contributed by atoms with Crippen molar-refractivity contribution in [1.82, 2.24) is 15.3 Å². The number of hydrogen-bond acceptors (Lipinski definition) is 8. The van der Waals surface area contributed by atoms with Crippen molar-refractivity contribution in [2.24, 2.45) is 5.73 Å². The minimum atomic E-state index is -1.26. The van der Waals surface area contributed by atoms with Crippen molar-refractivity contribution in [2.75, 3.05) is 31.1 Å². The number of fused-ring (bicyclic) bond motifs is 1. The molecule has 0 radical (unpaired) electrons. The Kier molecular flexibility index (Phi) is 6.17. The van der Waals surface area contributed by atoms with Gasteiger partial charge in [-0.15, -0.1) is 0 Å². The monoisotopic (exact) mass is 468 g/mol. The van der Waals surface area contributed by atoms with Gasteiger partial charge in [0, 0.05) is 54.6 Å². The summed E-state index contributed by atoms with van der Waals surface area (Å²) in [5.41, 5.74) is 9.96. The van der Waals surface area contributed by atoms with Crippen LogP contribution in [0.5, 0.6) is 0 Å². The fourth-order valence-corrected chi connectivity index (χ4v) is 4.33. The molecule has 0 amide bonds. The Labute approximate surface area is 201 Å². The molecule has 9 heteroatoms. The molecule has 1 unspecified atom stereocenters. The van der Waals surface area contributed by atoms with Crippen molar-refractivity contribution in [3.05, 3.63) is 94.3 Å². The Morgan fingerprint density at radius 2 is 1.77 bits per heavy atom. The molecule has 176 valence electrons. The van der Waals surface area contributed by atoms with Crippen LogP contribution in [0.15, 0.2) is 73.1 Å². The fourth-order valence-electron chi connectivity index (χ4n) is 4.33. The Morgan fingerprint density at radius 3 is 2.51 bits per heavy atom. The zero-order chi connectivity index (χ0) is 24.4. The second-order valence-electron chi connectivity index (χ2n) is 8.44. The molecule has 1 aliphatic heterocycles. The topological polar surface area (TPSA) is 127 Å². The zero-order valence-corrected chi connectivity index (χ0v) is 18.9. The van der Waals surface area contributed by atoms with Gasteiger partial charge in [-0.3, -0.25) is 9.78 Å². The predicted molar refractivity (Wildman–Crippen MR) is 134 cm³/mol. The lowest BCUT2D eigenvalue weighted by atomic mass is 9.96. The number of aromatic nitrogens is 2. The number of carbonyl (C=O) groups excluding carboxylic acids is 1. The highest BCUT2D eigenvalue weighted by molar-refractivity contribution is 6.03. The molecule has 0 spiro atoms. The number of piperazine rings is 1. The molecule has 3 N–H and O–H groups in total. The van der Waals surface area contributed by atoms with Gasteiger partial charge in [-0.2, -0.15) is 0 Å². The van der Waals surface area contributed by atoms with Crippen molar-refractivity contribution < 1.29 is 9.72 Å². The summed E-state index contributed by atoms with van der Waals surface area (Å²) in [4.78, 5) is 35.1. The van der Waals surface area contributed by atoms with Gasteiger partial charge in [0.25, 0.3) is 0 Å². The summed E-state index contributed by atoms with van der Waals surface area (Å²) in [6, 6.07) is 17.3. The third-order valence-electron chi connectivity index (χ3n) is 6.23. The van der Waals surface area contributed by atoms with Crippen LogP contribution < -0.4 is 16.0 Å². The van der Waals surface area contributed by atoms with Gasteiger partial charge in [0.15, 0.2) is 5.78 Å². The number of pyridine rings is 2. The lowest BCUT2D eigenvalue weighted by Gasteiger charge is -2.29. The van der Waals surface area contributed by atoms with Crippen LogP contribution in [-0.2, 0) is 0 Å². The Bertz CT molecular complexity index is 1400. The molecule has 0 saturated carbocycles. The standard InChI is InChI=1S/C26H24N6O3/c27-24(22-13-19(15-30-26(22)32(34)35)17-4-2-1-3-5-17)25(33)20-12-18-6-7-21(14-23(18)29-16-20)31-10-8-28-9-11-31/h1-7,12-16,24,28H,8-11,27H2. The summed E-state index contributed by atoms with van der Waals surface area (Å²) >= 11 is 0. The van der Waals surface area contributed by atoms with E-state index in [-0.39, 0.29) is 5.56 Å². The van der Waals surface area contributed by atoms with Crippen LogP contribution in [0.3, 0.4) is 0 Å². The maximum Gasteiger partial charge on any atom is 0.368 e. The van der Waals surface area contributed by atoms with Crippen molar-refractivity contribution in [2.45, 2.75) is 6.04 Å². The number of hydrogen-bond donors (Lipinski definition) is 2. The van der Waals surface area contributed by atoms with E-state index in [1.165, 1.54) is 12.4 Å². The number of anilines is 1. The van der Waals surface area contributed by atoms with Gasteiger partial charge in [0.2, 0.25) is 0 Å². The van der Waals surface area contributed by atoms with Crippen molar-refractivity contribution in [1.29, 1.82) is 0 Å². The highest BCUT2D eigenvalue weighted by atomic mass is 16.6. The molecule has 9 nitrogen and oxygen atoms in total. The molecule has 4 aromatic rings. The maximum atomic E-state index is 13.3. The number of nitrogens with two attached hydrogens (primary N) is 1. The largest absolute Gasteiger partial charge is 0.369 e. The zero-order valence-electron chi connectivity index (χ0n) is 18.9. The normalized spacial score (nSPS) is 14.6. The molecular formula is C26H24N6O3. The van der Waals surface area contributed by atoms with Gasteiger partial charge in [-0.05, 0) is 39.7 Å². The molecule has 0 bridgehead atoms. The van der Waals surface area contributed by atoms with E-state index in [1.807, 2.05) is 48.5 Å². The van der Waals surface area contributed by atoms with Crippen LogP contribution in [0, 0.1) is 10.1 Å². The molecule has 2 aromatic carbocycles. The first-order chi connectivity index (χ1) is 17.0. The van der Waals surface area contributed by atoms with Crippen LogP contribution in [-0.4, -0.2) is 46.9 Å². The SMILES string of the molecule is NC(C(=O)c1cnc2cc(N3CCNCC3)ccc2c1)c1cc(-c2ccccc2)cnc1[N+](=O)[O-]. The first-order valence-corrected chi connectivity index (χ1v) is 11.4. The van der Waals surface area contributed by atoms with Crippen LogP contribution >= 0.6 is 0 Å². The molecule has 2 aromatic heterocycles. The first kappa shape index (κ1) is 22.6. The van der Waals surface area contributed by atoms with Gasteiger partial charge in [0.05, 0.1) is 11.1 Å². The average Bonchev–Trinajstić information content (AvgIpc) is 2.92. The van der Waals surface area contributed by atoms with E-state index < -0.39 is 22.6 Å². The summed E-state index contributed by atoms with van der Waals surface area (Å²) in [7, 11) is 0. The molecular weight excluding hydrogens is 444 g/mol. The number of rotatable bonds is 6. The van der Waals surface area contributed by atoms with Gasteiger partial charge in [-0.25, -0.2) is 0 Å². The number of benzene rings is 2. The molecule has 1 fully saturated rings. The highest BCUT2D eigenvalue weighted by Crippen LogP contribution is 2.30. The number of ketones is 1. The summed E-state index contributed by atoms with van der Waals surface area (Å²) in [5, 5.41) is 15.8. The third-order valence-corrected chi connectivity index (χ3v) is 6.23. The summed E-state index contributed by atoms with van der Waals surface area (Å²) in [6.45, 7) is 3.71. The van der Waals surface area contributed by atoms with Gasteiger partial charge in [-0.1, -0.05) is 36.4 Å². The van der Waals surface area contributed by atoms with Gasteiger partial charge >= 0.3 is 5.82 Å². The fraction of sp³-hybridized carbons (Fsp3) is 0.192. The smallest absolute Gasteiger partial charge is 0.368 e. The van der Waals surface area contributed by atoms with E-state index in [9.17, 15) is 14.9 Å². The van der Waals surface area contributed by atoms with Crippen LogP contribution in [0.1, 0.15) is 22.0 Å². The second-order valence-corrected chi connectivity index (χ2v) is 8.44. The van der Waals surface area contributed by atoms with Crippen molar-refractivity contribution >= 4 is 28.2 Å². The van der Waals surface area contributed by atoms with E-state index in [1.54, 1.807) is 12.1 Å². The lowest BCUT2D eigenvalue weighted by molar-refractivity contribution is -0.390. The van der Waals surface area contributed by atoms with Crippen LogP contribution in [0.4, 0.5) is 11.5 Å².